The number of carbonyl (C=O) groups is 1. The van der Waals surface area contributed by atoms with Crippen LogP contribution in [-0.4, -0.2) is 17.9 Å². The Labute approximate surface area is 118 Å². The molecule has 0 aliphatic rings. The van der Waals surface area contributed by atoms with Gasteiger partial charge in [0, 0.05) is 31.2 Å². The van der Waals surface area contributed by atoms with Gasteiger partial charge in [-0.15, -0.1) is 0 Å². The normalized spacial score (nSPS) is 10.1. The van der Waals surface area contributed by atoms with Crippen LogP contribution in [0.2, 0.25) is 0 Å². The van der Waals surface area contributed by atoms with Crippen LogP contribution in [0.3, 0.4) is 0 Å². The van der Waals surface area contributed by atoms with Gasteiger partial charge in [0.15, 0.2) is 0 Å². The number of amides is 1. The van der Waals surface area contributed by atoms with Crippen molar-refractivity contribution in [3.05, 3.63) is 53.3 Å². The number of carbonyl (C=O) groups excluding carboxylic acids is 1. The lowest BCUT2D eigenvalue weighted by Gasteiger charge is -2.11. The molecule has 0 aliphatic carbocycles. The number of aromatic nitrogens is 1. The molecule has 0 fully saturated rings. The van der Waals surface area contributed by atoms with Crippen LogP contribution < -0.4 is 16.4 Å². The van der Waals surface area contributed by atoms with Crippen LogP contribution in [0.25, 0.3) is 0 Å². The van der Waals surface area contributed by atoms with Crippen LogP contribution in [0.15, 0.2) is 36.5 Å². The van der Waals surface area contributed by atoms with Crippen molar-refractivity contribution in [1.29, 1.82) is 0 Å². The van der Waals surface area contributed by atoms with Crippen LogP contribution in [-0.2, 0) is 6.54 Å². The first kappa shape index (κ1) is 13.9. The first-order valence-corrected chi connectivity index (χ1v) is 6.38. The van der Waals surface area contributed by atoms with Crippen molar-refractivity contribution >= 4 is 17.3 Å². The van der Waals surface area contributed by atoms with Gasteiger partial charge in [-0.3, -0.25) is 9.78 Å². The van der Waals surface area contributed by atoms with Crippen molar-refractivity contribution in [3.8, 4) is 0 Å². The summed E-state index contributed by atoms with van der Waals surface area (Å²) in [6.07, 6.45) is 1.61. The maximum atomic E-state index is 11.5. The van der Waals surface area contributed by atoms with Gasteiger partial charge < -0.3 is 16.4 Å². The number of pyridine rings is 1. The minimum Gasteiger partial charge on any atom is -0.399 e. The van der Waals surface area contributed by atoms with Gasteiger partial charge in [0.1, 0.15) is 5.69 Å². The molecule has 0 aliphatic heterocycles. The number of nitrogens with one attached hydrogen (secondary N) is 2. The molecule has 0 spiro atoms. The third-order valence-electron chi connectivity index (χ3n) is 3.19. The second kappa shape index (κ2) is 6.06. The lowest BCUT2D eigenvalue weighted by molar-refractivity contribution is 0.0958. The molecule has 0 saturated carbocycles. The average Bonchev–Trinajstić information content (AvgIpc) is 2.48. The highest BCUT2D eigenvalue weighted by Gasteiger charge is 2.06. The summed E-state index contributed by atoms with van der Waals surface area (Å²) in [6, 6.07) is 9.39. The van der Waals surface area contributed by atoms with E-state index in [1.165, 1.54) is 0 Å². The molecular formula is C15H18N4O. The zero-order chi connectivity index (χ0) is 14.5. The van der Waals surface area contributed by atoms with Crippen LogP contribution in [0, 0.1) is 6.92 Å². The van der Waals surface area contributed by atoms with Gasteiger partial charge >= 0.3 is 0 Å². The maximum absolute atomic E-state index is 11.5. The molecule has 2 rings (SSSR count). The summed E-state index contributed by atoms with van der Waals surface area (Å²) in [7, 11) is 1.58. The Hall–Kier alpha value is -2.56. The van der Waals surface area contributed by atoms with Gasteiger partial charge in [0.25, 0.3) is 5.91 Å². The second-order valence-electron chi connectivity index (χ2n) is 4.49. The Morgan fingerprint density at radius 1 is 1.35 bits per heavy atom. The van der Waals surface area contributed by atoms with E-state index in [-0.39, 0.29) is 5.91 Å². The lowest BCUT2D eigenvalue weighted by atomic mass is 10.1. The average molecular weight is 270 g/mol. The molecule has 1 heterocycles. The van der Waals surface area contributed by atoms with Crippen LogP contribution in [0.1, 0.15) is 21.6 Å². The van der Waals surface area contributed by atoms with Crippen molar-refractivity contribution in [2.75, 3.05) is 18.1 Å². The third kappa shape index (κ3) is 3.06. The summed E-state index contributed by atoms with van der Waals surface area (Å²) in [5.41, 5.74) is 10.1. The fraction of sp³-hybridized carbons (Fsp3) is 0.200. The molecule has 0 unspecified atom stereocenters. The van der Waals surface area contributed by atoms with Gasteiger partial charge in [-0.2, -0.15) is 0 Å². The summed E-state index contributed by atoms with van der Waals surface area (Å²) >= 11 is 0. The van der Waals surface area contributed by atoms with Crippen LogP contribution in [0.4, 0.5) is 11.4 Å². The van der Waals surface area contributed by atoms with Crippen LogP contribution in [0.5, 0.6) is 0 Å². The monoisotopic (exact) mass is 270 g/mol. The van der Waals surface area contributed by atoms with E-state index in [2.05, 4.69) is 15.6 Å². The first-order chi connectivity index (χ1) is 9.61. The molecular weight excluding hydrogens is 252 g/mol. The molecule has 0 radical (unpaired) electrons. The van der Waals surface area contributed by atoms with E-state index in [0.717, 1.165) is 22.5 Å². The number of nitrogens with two attached hydrogens (primary N) is 1. The standard InChI is InChI=1S/C15H18N4O/c1-10-11(4-3-5-13(10)16)9-19-12-6-7-18-14(8-12)15(20)17-2/h3-8H,9,16H2,1-2H3,(H,17,20)(H,18,19). The van der Waals surface area contributed by atoms with Crippen molar-refractivity contribution in [1.82, 2.24) is 10.3 Å². The van der Waals surface area contributed by atoms with E-state index in [4.69, 9.17) is 5.73 Å². The molecule has 5 nitrogen and oxygen atoms in total. The Bertz CT molecular complexity index is 625. The molecule has 0 saturated heterocycles. The smallest absolute Gasteiger partial charge is 0.269 e. The summed E-state index contributed by atoms with van der Waals surface area (Å²) < 4.78 is 0. The molecule has 0 bridgehead atoms. The Balaban J connectivity index is 2.11. The SMILES string of the molecule is CNC(=O)c1cc(NCc2cccc(N)c2C)ccn1. The topological polar surface area (TPSA) is 80.0 Å². The number of anilines is 2. The summed E-state index contributed by atoms with van der Waals surface area (Å²) in [6.45, 7) is 2.64. The van der Waals surface area contributed by atoms with Crippen molar-refractivity contribution < 1.29 is 4.79 Å². The fourth-order valence-electron chi connectivity index (χ4n) is 1.88. The second-order valence-corrected chi connectivity index (χ2v) is 4.49. The maximum Gasteiger partial charge on any atom is 0.269 e. The first-order valence-electron chi connectivity index (χ1n) is 6.38. The lowest BCUT2D eigenvalue weighted by Crippen LogP contribution is -2.19. The number of hydrogen-bond donors (Lipinski definition) is 3. The van der Waals surface area contributed by atoms with E-state index >= 15 is 0 Å². The third-order valence-corrected chi connectivity index (χ3v) is 3.19. The molecule has 0 atom stereocenters. The number of nitrogen functional groups attached to an aromatic ring is 1. The quantitative estimate of drug-likeness (QED) is 0.742. The van der Waals surface area contributed by atoms with E-state index in [9.17, 15) is 4.79 Å². The highest BCUT2D eigenvalue weighted by atomic mass is 16.1. The molecule has 2 aromatic rings. The summed E-state index contributed by atoms with van der Waals surface area (Å²) in [4.78, 5) is 15.5. The van der Waals surface area contributed by atoms with E-state index in [1.54, 1.807) is 19.3 Å². The highest BCUT2D eigenvalue weighted by molar-refractivity contribution is 5.92. The largest absolute Gasteiger partial charge is 0.399 e. The summed E-state index contributed by atoms with van der Waals surface area (Å²) in [5.74, 6) is -0.200. The minimum absolute atomic E-state index is 0.200. The van der Waals surface area contributed by atoms with Crippen molar-refractivity contribution in [2.24, 2.45) is 0 Å². The Morgan fingerprint density at radius 3 is 2.90 bits per heavy atom. The van der Waals surface area contributed by atoms with E-state index < -0.39 is 0 Å². The molecule has 1 aromatic carbocycles. The van der Waals surface area contributed by atoms with Gasteiger partial charge in [-0.05, 0) is 36.2 Å². The summed E-state index contributed by atoms with van der Waals surface area (Å²) in [5, 5.41) is 5.83. The van der Waals surface area contributed by atoms with Crippen molar-refractivity contribution in [3.63, 3.8) is 0 Å². The Morgan fingerprint density at radius 2 is 2.15 bits per heavy atom. The highest BCUT2D eigenvalue weighted by Crippen LogP contribution is 2.17. The van der Waals surface area contributed by atoms with Gasteiger partial charge in [-0.1, -0.05) is 12.1 Å². The van der Waals surface area contributed by atoms with Crippen LogP contribution >= 0.6 is 0 Å². The minimum atomic E-state index is -0.200. The number of rotatable bonds is 4. The van der Waals surface area contributed by atoms with Gasteiger partial charge in [-0.25, -0.2) is 0 Å². The predicted molar refractivity (Wildman–Crippen MR) is 80.5 cm³/mol. The Kier molecular flexibility index (Phi) is 4.20. The molecule has 20 heavy (non-hydrogen) atoms. The molecule has 1 amide bonds. The number of hydrogen-bond acceptors (Lipinski definition) is 4. The van der Waals surface area contributed by atoms with Gasteiger partial charge in [0.05, 0.1) is 0 Å². The predicted octanol–water partition coefficient (Wildman–Crippen LogP) is 1.94. The number of nitrogens with zero attached hydrogens (tertiary/aromatic N) is 1. The molecule has 4 N–H and O–H groups in total. The molecule has 1 aromatic heterocycles. The van der Waals surface area contributed by atoms with E-state index in [1.807, 2.05) is 31.2 Å². The molecule has 104 valence electrons. The molecule has 5 heteroatoms. The van der Waals surface area contributed by atoms with Gasteiger partial charge in [0.2, 0.25) is 0 Å². The number of benzene rings is 1. The zero-order valence-corrected chi connectivity index (χ0v) is 11.6. The van der Waals surface area contributed by atoms with Crippen molar-refractivity contribution in [2.45, 2.75) is 13.5 Å². The van der Waals surface area contributed by atoms with E-state index in [0.29, 0.717) is 12.2 Å². The fourth-order valence-corrected chi connectivity index (χ4v) is 1.88. The zero-order valence-electron chi connectivity index (χ0n) is 11.6.